The van der Waals surface area contributed by atoms with Gasteiger partial charge in [0.15, 0.2) is 0 Å². The number of rotatable bonds is 7. The summed E-state index contributed by atoms with van der Waals surface area (Å²) in [5, 5.41) is 6.26. The molecule has 1 saturated heterocycles. The van der Waals surface area contributed by atoms with Crippen molar-refractivity contribution in [3.63, 3.8) is 0 Å². The van der Waals surface area contributed by atoms with Crippen molar-refractivity contribution in [1.82, 2.24) is 10.6 Å². The molecular weight excluding hydrogens is 208 g/mol. The molecule has 0 aromatic heterocycles. The van der Waals surface area contributed by atoms with E-state index in [9.17, 15) is 4.79 Å². The molecular formula is C11H22N2O3. The lowest BCUT2D eigenvalue weighted by Crippen LogP contribution is -2.48. The SMILES string of the molecule is COCCOCC(=O)NCC1(C)CCCN1. The van der Waals surface area contributed by atoms with E-state index in [0.717, 1.165) is 13.0 Å². The number of nitrogens with one attached hydrogen (secondary N) is 2. The van der Waals surface area contributed by atoms with Crippen LogP contribution in [0.2, 0.25) is 0 Å². The normalized spacial score (nSPS) is 24.6. The minimum atomic E-state index is -0.0639. The first-order valence-electron chi connectivity index (χ1n) is 5.75. The molecule has 0 radical (unpaired) electrons. The Morgan fingerprint density at radius 2 is 2.31 bits per heavy atom. The lowest BCUT2D eigenvalue weighted by atomic mass is 10.0. The summed E-state index contributed by atoms with van der Waals surface area (Å²) in [6.07, 6.45) is 2.29. The number of ether oxygens (including phenoxy) is 2. The standard InChI is InChI=1S/C11H22N2O3/c1-11(4-3-5-13-11)9-12-10(14)8-16-7-6-15-2/h13H,3-9H2,1-2H3,(H,12,14). The molecule has 94 valence electrons. The third kappa shape index (κ3) is 4.92. The molecule has 1 unspecified atom stereocenters. The van der Waals surface area contributed by atoms with Crippen LogP contribution in [0.4, 0.5) is 0 Å². The van der Waals surface area contributed by atoms with Crippen LogP contribution in [0.3, 0.4) is 0 Å². The maximum Gasteiger partial charge on any atom is 0.246 e. The van der Waals surface area contributed by atoms with Crippen LogP contribution in [-0.2, 0) is 14.3 Å². The summed E-state index contributed by atoms with van der Waals surface area (Å²) in [5.74, 6) is -0.0639. The van der Waals surface area contributed by atoms with E-state index >= 15 is 0 Å². The van der Waals surface area contributed by atoms with Gasteiger partial charge in [-0.25, -0.2) is 0 Å². The maximum absolute atomic E-state index is 11.4. The van der Waals surface area contributed by atoms with E-state index in [4.69, 9.17) is 9.47 Å². The second kappa shape index (κ2) is 6.83. The summed E-state index contributed by atoms with van der Waals surface area (Å²) < 4.78 is 9.94. The second-order valence-corrected chi connectivity index (χ2v) is 4.41. The Labute approximate surface area is 96.9 Å². The summed E-state index contributed by atoms with van der Waals surface area (Å²) >= 11 is 0. The number of methoxy groups -OCH3 is 1. The molecule has 0 bridgehead atoms. The summed E-state index contributed by atoms with van der Waals surface area (Å²) in [6, 6.07) is 0. The highest BCUT2D eigenvalue weighted by Gasteiger charge is 2.27. The maximum atomic E-state index is 11.4. The zero-order valence-corrected chi connectivity index (χ0v) is 10.2. The van der Waals surface area contributed by atoms with Gasteiger partial charge < -0.3 is 20.1 Å². The van der Waals surface area contributed by atoms with Crippen molar-refractivity contribution < 1.29 is 14.3 Å². The fourth-order valence-corrected chi connectivity index (χ4v) is 1.76. The van der Waals surface area contributed by atoms with Crippen LogP contribution >= 0.6 is 0 Å². The van der Waals surface area contributed by atoms with Crippen LogP contribution in [0.1, 0.15) is 19.8 Å². The van der Waals surface area contributed by atoms with E-state index in [1.165, 1.54) is 6.42 Å². The first-order chi connectivity index (χ1) is 7.66. The topological polar surface area (TPSA) is 59.6 Å². The van der Waals surface area contributed by atoms with Crippen LogP contribution in [-0.4, -0.2) is 51.5 Å². The van der Waals surface area contributed by atoms with Gasteiger partial charge in [0.1, 0.15) is 6.61 Å². The van der Waals surface area contributed by atoms with Gasteiger partial charge in [0.25, 0.3) is 0 Å². The molecule has 5 nitrogen and oxygen atoms in total. The van der Waals surface area contributed by atoms with Crippen molar-refractivity contribution in [1.29, 1.82) is 0 Å². The van der Waals surface area contributed by atoms with Crippen molar-refractivity contribution in [2.75, 3.05) is 40.0 Å². The predicted molar refractivity (Wildman–Crippen MR) is 61.3 cm³/mol. The van der Waals surface area contributed by atoms with Crippen molar-refractivity contribution in [2.45, 2.75) is 25.3 Å². The number of carbonyl (C=O) groups excluding carboxylic acids is 1. The van der Waals surface area contributed by atoms with Gasteiger partial charge in [-0.05, 0) is 26.3 Å². The lowest BCUT2D eigenvalue weighted by Gasteiger charge is -2.24. The van der Waals surface area contributed by atoms with E-state index in [1.54, 1.807) is 7.11 Å². The van der Waals surface area contributed by atoms with E-state index in [1.807, 2.05) is 0 Å². The summed E-state index contributed by atoms with van der Waals surface area (Å²) in [4.78, 5) is 11.4. The fraction of sp³-hybridized carbons (Fsp3) is 0.909. The van der Waals surface area contributed by atoms with Gasteiger partial charge in [-0.1, -0.05) is 0 Å². The van der Waals surface area contributed by atoms with Gasteiger partial charge in [-0.3, -0.25) is 4.79 Å². The first kappa shape index (κ1) is 13.4. The molecule has 1 aliphatic rings. The van der Waals surface area contributed by atoms with Gasteiger partial charge in [-0.15, -0.1) is 0 Å². The third-order valence-electron chi connectivity index (χ3n) is 2.80. The summed E-state index contributed by atoms with van der Waals surface area (Å²) in [5.41, 5.74) is 0.0577. The average molecular weight is 230 g/mol. The molecule has 0 saturated carbocycles. The van der Waals surface area contributed by atoms with Gasteiger partial charge in [-0.2, -0.15) is 0 Å². The van der Waals surface area contributed by atoms with Crippen LogP contribution in [0, 0.1) is 0 Å². The monoisotopic (exact) mass is 230 g/mol. The highest BCUT2D eigenvalue weighted by molar-refractivity contribution is 5.77. The zero-order valence-electron chi connectivity index (χ0n) is 10.2. The van der Waals surface area contributed by atoms with Crippen LogP contribution in [0.15, 0.2) is 0 Å². The quantitative estimate of drug-likeness (QED) is 0.600. The van der Waals surface area contributed by atoms with Crippen molar-refractivity contribution in [3.05, 3.63) is 0 Å². The fourth-order valence-electron chi connectivity index (χ4n) is 1.76. The number of amides is 1. The molecule has 0 aromatic carbocycles. The number of hydrogen-bond donors (Lipinski definition) is 2. The van der Waals surface area contributed by atoms with E-state index in [0.29, 0.717) is 19.8 Å². The largest absolute Gasteiger partial charge is 0.382 e. The molecule has 1 heterocycles. The molecule has 0 aromatic rings. The molecule has 2 N–H and O–H groups in total. The van der Waals surface area contributed by atoms with Crippen LogP contribution in [0.25, 0.3) is 0 Å². The molecule has 1 fully saturated rings. The van der Waals surface area contributed by atoms with Gasteiger partial charge in [0, 0.05) is 19.2 Å². The molecule has 1 atom stereocenters. The molecule has 1 rings (SSSR count). The molecule has 16 heavy (non-hydrogen) atoms. The smallest absolute Gasteiger partial charge is 0.246 e. The second-order valence-electron chi connectivity index (χ2n) is 4.41. The van der Waals surface area contributed by atoms with Gasteiger partial charge >= 0.3 is 0 Å². The zero-order chi connectivity index (χ0) is 11.9. The minimum Gasteiger partial charge on any atom is -0.382 e. The Balaban J connectivity index is 2.05. The number of hydrogen-bond acceptors (Lipinski definition) is 4. The van der Waals surface area contributed by atoms with Crippen LogP contribution < -0.4 is 10.6 Å². The predicted octanol–water partition coefficient (Wildman–Crippen LogP) is -0.0923. The van der Waals surface area contributed by atoms with Gasteiger partial charge in [0.2, 0.25) is 5.91 Å². The Hall–Kier alpha value is -0.650. The van der Waals surface area contributed by atoms with Crippen molar-refractivity contribution in [3.8, 4) is 0 Å². The molecule has 1 amide bonds. The highest BCUT2D eigenvalue weighted by Crippen LogP contribution is 2.16. The average Bonchev–Trinajstić information content (AvgIpc) is 2.70. The van der Waals surface area contributed by atoms with Crippen molar-refractivity contribution in [2.24, 2.45) is 0 Å². The molecule has 0 spiro atoms. The van der Waals surface area contributed by atoms with E-state index < -0.39 is 0 Å². The number of carbonyl (C=O) groups is 1. The minimum absolute atomic E-state index is 0.0577. The Morgan fingerprint density at radius 1 is 1.50 bits per heavy atom. The molecule has 1 aliphatic heterocycles. The third-order valence-corrected chi connectivity index (χ3v) is 2.80. The highest BCUT2D eigenvalue weighted by atomic mass is 16.5. The van der Waals surface area contributed by atoms with Crippen LogP contribution in [0.5, 0.6) is 0 Å². The first-order valence-corrected chi connectivity index (χ1v) is 5.75. The van der Waals surface area contributed by atoms with E-state index in [-0.39, 0.29) is 18.1 Å². The molecule has 5 heteroatoms. The Bertz CT molecular complexity index is 215. The summed E-state index contributed by atoms with van der Waals surface area (Å²) in [7, 11) is 1.61. The Morgan fingerprint density at radius 3 is 2.94 bits per heavy atom. The van der Waals surface area contributed by atoms with E-state index in [2.05, 4.69) is 17.6 Å². The lowest BCUT2D eigenvalue weighted by molar-refractivity contribution is -0.126. The Kier molecular flexibility index (Phi) is 5.73. The van der Waals surface area contributed by atoms with Crippen molar-refractivity contribution >= 4 is 5.91 Å². The molecule has 0 aliphatic carbocycles. The summed E-state index contributed by atoms with van der Waals surface area (Å²) in [6.45, 7) is 4.92. The van der Waals surface area contributed by atoms with Gasteiger partial charge in [0.05, 0.1) is 13.2 Å².